The quantitative estimate of drug-likeness (QED) is 0.760. The van der Waals surface area contributed by atoms with Gasteiger partial charge in [-0.2, -0.15) is 5.10 Å². The van der Waals surface area contributed by atoms with Gasteiger partial charge in [0.2, 0.25) is 0 Å². The van der Waals surface area contributed by atoms with Crippen LogP contribution in [0.15, 0.2) is 36.7 Å². The molecule has 2 aromatic rings. The highest BCUT2D eigenvalue weighted by Crippen LogP contribution is 2.14. The molecule has 0 amide bonds. The average Bonchev–Trinajstić information content (AvgIpc) is 2.86. The van der Waals surface area contributed by atoms with Crippen molar-refractivity contribution in [2.24, 2.45) is 7.05 Å². The summed E-state index contributed by atoms with van der Waals surface area (Å²) in [6.45, 7) is 1.60. The van der Waals surface area contributed by atoms with Crippen LogP contribution < -0.4 is 0 Å². The van der Waals surface area contributed by atoms with Crippen LogP contribution in [0.4, 0.5) is 0 Å². The number of methoxy groups -OCH3 is 1. The number of aromatic nitrogens is 2. The SMILES string of the molecule is COC(=O)Cc1ccccc1CN(C)Cc1cnn(C)c1. The molecule has 1 aromatic carbocycles. The number of nitrogens with zero attached hydrogens (tertiary/aromatic N) is 3. The zero-order chi connectivity index (χ0) is 15.2. The second-order valence-electron chi connectivity index (χ2n) is 5.22. The Bertz CT molecular complexity index is 607. The lowest BCUT2D eigenvalue weighted by atomic mass is 10.0. The molecule has 5 nitrogen and oxygen atoms in total. The largest absolute Gasteiger partial charge is 0.469 e. The summed E-state index contributed by atoms with van der Waals surface area (Å²) >= 11 is 0. The van der Waals surface area contributed by atoms with E-state index < -0.39 is 0 Å². The summed E-state index contributed by atoms with van der Waals surface area (Å²) in [6, 6.07) is 7.97. The molecule has 0 saturated heterocycles. The van der Waals surface area contributed by atoms with E-state index in [2.05, 4.69) is 23.1 Å². The molecule has 0 aliphatic heterocycles. The molecule has 0 unspecified atom stereocenters. The lowest BCUT2D eigenvalue weighted by molar-refractivity contribution is -0.139. The lowest BCUT2D eigenvalue weighted by Gasteiger charge is -2.18. The van der Waals surface area contributed by atoms with Crippen molar-refractivity contribution in [3.8, 4) is 0 Å². The van der Waals surface area contributed by atoms with E-state index in [0.717, 1.165) is 24.2 Å². The Morgan fingerprint density at radius 2 is 2.00 bits per heavy atom. The highest BCUT2D eigenvalue weighted by Gasteiger charge is 2.10. The molecular formula is C16H21N3O2. The van der Waals surface area contributed by atoms with Crippen molar-refractivity contribution in [1.29, 1.82) is 0 Å². The molecule has 21 heavy (non-hydrogen) atoms. The van der Waals surface area contributed by atoms with Crippen LogP contribution in [0.25, 0.3) is 0 Å². The number of carbonyl (C=O) groups is 1. The molecule has 0 fully saturated rings. The molecule has 112 valence electrons. The number of carbonyl (C=O) groups excluding carboxylic acids is 1. The van der Waals surface area contributed by atoms with Gasteiger partial charge in [-0.05, 0) is 18.2 Å². The number of benzene rings is 1. The van der Waals surface area contributed by atoms with E-state index in [4.69, 9.17) is 4.74 Å². The minimum Gasteiger partial charge on any atom is -0.469 e. The normalized spacial score (nSPS) is 10.9. The Labute approximate surface area is 125 Å². The molecule has 5 heteroatoms. The predicted octanol–water partition coefficient (Wildman–Crippen LogP) is 1.77. The van der Waals surface area contributed by atoms with Crippen LogP contribution in [0.2, 0.25) is 0 Å². The smallest absolute Gasteiger partial charge is 0.309 e. The number of hydrogen-bond donors (Lipinski definition) is 0. The zero-order valence-electron chi connectivity index (χ0n) is 12.7. The molecule has 0 spiro atoms. The van der Waals surface area contributed by atoms with Gasteiger partial charge in [0, 0.05) is 31.9 Å². The maximum absolute atomic E-state index is 11.5. The Kier molecular flexibility index (Phi) is 5.11. The van der Waals surface area contributed by atoms with Gasteiger partial charge in [-0.1, -0.05) is 24.3 Å². The maximum Gasteiger partial charge on any atom is 0.309 e. The first kappa shape index (κ1) is 15.3. The van der Waals surface area contributed by atoms with Gasteiger partial charge in [0.15, 0.2) is 0 Å². The molecule has 0 aliphatic rings. The van der Waals surface area contributed by atoms with E-state index in [9.17, 15) is 4.79 Å². The van der Waals surface area contributed by atoms with Crippen molar-refractivity contribution in [3.05, 3.63) is 53.3 Å². The summed E-state index contributed by atoms with van der Waals surface area (Å²) in [6.07, 6.45) is 4.20. The molecule has 0 saturated carbocycles. The lowest BCUT2D eigenvalue weighted by Crippen LogP contribution is -2.18. The van der Waals surface area contributed by atoms with Crippen molar-refractivity contribution < 1.29 is 9.53 Å². The van der Waals surface area contributed by atoms with Gasteiger partial charge in [0.25, 0.3) is 0 Å². The zero-order valence-corrected chi connectivity index (χ0v) is 12.7. The van der Waals surface area contributed by atoms with Crippen molar-refractivity contribution in [2.75, 3.05) is 14.2 Å². The molecule has 0 aliphatic carbocycles. The average molecular weight is 287 g/mol. The van der Waals surface area contributed by atoms with Gasteiger partial charge in [0.05, 0.1) is 19.7 Å². The topological polar surface area (TPSA) is 47.4 Å². The molecule has 0 bridgehead atoms. The van der Waals surface area contributed by atoms with Crippen LogP contribution in [-0.2, 0) is 36.1 Å². The number of rotatable bonds is 6. The standard InChI is InChI=1S/C16H21N3O2/c1-18(10-13-9-17-19(2)11-13)12-15-7-5-4-6-14(15)8-16(20)21-3/h4-7,9,11H,8,10,12H2,1-3H3. The highest BCUT2D eigenvalue weighted by atomic mass is 16.5. The summed E-state index contributed by atoms with van der Waals surface area (Å²) in [5.74, 6) is -0.211. The molecule has 1 heterocycles. The van der Waals surface area contributed by atoms with Crippen molar-refractivity contribution in [1.82, 2.24) is 14.7 Å². The monoisotopic (exact) mass is 287 g/mol. The van der Waals surface area contributed by atoms with E-state index in [-0.39, 0.29) is 5.97 Å². The Hall–Kier alpha value is -2.14. The first-order chi connectivity index (χ1) is 10.1. The van der Waals surface area contributed by atoms with Crippen molar-refractivity contribution in [2.45, 2.75) is 19.5 Å². The Balaban J connectivity index is 2.03. The van der Waals surface area contributed by atoms with Crippen LogP contribution in [0.3, 0.4) is 0 Å². The van der Waals surface area contributed by atoms with Gasteiger partial charge < -0.3 is 4.74 Å². The fraction of sp³-hybridized carbons (Fsp3) is 0.375. The third-order valence-corrected chi connectivity index (χ3v) is 3.33. The summed E-state index contributed by atoms with van der Waals surface area (Å²) in [5, 5.41) is 4.17. The van der Waals surface area contributed by atoms with E-state index in [0.29, 0.717) is 6.42 Å². The molecule has 0 radical (unpaired) electrons. The van der Waals surface area contributed by atoms with Gasteiger partial charge in [-0.15, -0.1) is 0 Å². The molecular weight excluding hydrogens is 266 g/mol. The summed E-state index contributed by atoms with van der Waals surface area (Å²) < 4.78 is 6.55. The first-order valence-corrected chi connectivity index (χ1v) is 6.88. The van der Waals surface area contributed by atoms with Gasteiger partial charge in [-0.25, -0.2) is 0 Å². The van der Waals surface area contributed by atoms with Crippen LogP contribution >= 0.6 is 0 Å². The summed E-state index contributed by atoms with van der Waals surface area (Å²) in [4.78, 5) is 13.7. The van der Waals surface area contributed by atoms with Crippen LogP contribution in [0.1, 0.15) is 16.7 Å². The number of hydrogen-bond acceptors (Lipinski definition) is 4. The molecule has 2 rings (SSSR count). The van der Waals surface area contributed by atoms with Gasteiger partial charge in [-0.3, -0.25) is 14.4 Å². The second-order valence-corrected chi connectivity index (χ2v) is 5.22. The van der Waals surface area contributed by atoms with Gasteiger partial charge in [0.1, 0.15) is 0 Å². The number of esters is 1. The highest BCUT2D eigenvalue weighted by molar-refractivity contribution is 5.72. The van der Waals surface area contributed by atoms with Crippen molar-refractivity contribution in [3.63, 3.8) is 0 Å². The number of ether oxygens (including phenoxy) is 1. The fourth-order valence-electron chi connectivity index (χ4n) is 2.32. The van der Waals surface area contributed by atoms with E-state index in [1.807, 2.05) is 37.6 Å². The van der Waals surface area contributed by atoms with E-state index in [1.165, 1.54) is 12.7 Å². The molecule has 0 N–H and O–H groups in total. The molecule has 1 aromatic heterocycles. The van der Waals surface area contributed by atoms with Crippen molar-refractivity contribution >= 4 is 5.97 Å². The Morgan fingerprint density at radius 1 is 1.29 bits per heavy atom. The molecule has 0 atom stereocenters. The minimum absolute atomic E-state index is 0.211. The summed E-state index contributed by atoms with van der Waals surface area (Å²) in [7, 11) is 5.39. The Morgan fingerprint density at radius 3 is 2.62 bits per heavy atom. The summed E-state index contributed by atoms with van der Waals surface area (Å²) in [5.41, 5.74) is 3.34. The predicted molar refractivity (Wildman–Crippen MR) is 80.5 cm³/mol. The van der Waals surface area contributed by atoms with E-state index >= 15 is 0 Å². The maximum atomic E-state index is 11.5. The minimum atomic E-state index is -0.211. The third kappa shape index (κ3) is 4.43. The van der Waals surface area contributed by atoms with Gasteiger partial charge >= 0.3 is 5.97 Å². The van der Waals surface area contributed by atoms with Crippen LogP contribution in [0, 0.1) is 0 Å². The number of aryl methyl sites for hydroxylation is 1. The van der Waals surface area contributed by atoms with Crippen LogP contribution in [0.5, 0.6) is 0 Å². The fourth-order valence-corrected chi connectivity index (χ4v) is 2.32. The van der Waals surface area contributed by atoms with Crippen LogP contribution in [-0.4, -0.2) is 34.8 Å². The third-order valence-electron chi connectivity index (χ3n) is 3.33. The second kappa shape index (κ2) is 7.04. The first-order valence-electron chi connectivity index (χ1n) is 6.88. The van der Waals surface area contributed by atoms with E-state index in [1.54, 1.807) is 4.68 Å².